The lowest BCUT2D eigenvalue weighted by Gasteiger charge is -2.20. The summed E-state index contributed by atoms with van der Waals surface area (Å²) in [6, 6.07) is 6.82. The molecule has 0 unspecified atom stereocenters. The molecule has 0 radical (unpaired) electrons. The Morgan fingerprint density at radius 1 is 1.16 bits per heavy atom. The van der Waals surface area contributed by atoms with Crippen molar-refractivity contribution in [1.29, 1.82) is 0 Å². The highest BCUT2D eigenvalue weighted by molar-refractivity contribution is 5.99. The molecule has 0 saturated carbocycles. The summed E-state index contributed by atoms with van der Waals surface area (Å²) in [5, 5.41) is 3.33. The lowest BCUT2D eigenvalue weighted by atomic mass is 9.87. The van der Waals surface area contributed by atoms with E-state index in [0.29, 0.717) is 35.7 Å². The molecule has 166 valence electrons. The van der Waals surface area contributed by atoms with Gasteiger partial charge in [0, 0.05) is 36.3 Å². The van der Waals surface area contributed by atoms with Crippen molar-refractivity contribution in [3.63, 3.8) is 0 Å². The van der Waals surface area contributed by atoms with E-state index in [1.165, 1.54) is 6.07 Å². The quantitative estimate of drug-likeness (QED) is 0.604. The van der Waals surface area contributed by atoms with Gasteiger partial charge in [0.05, 0.1) is 18.3 Å². The van der Waals surface area contributed by atoms with Crippen LogP contribution in [0.25, 0.3) is 11.4 Å². The predicted molar refractivity (Wildman–Crippen MR) is 123 cm³/mol. The van der Waals surface area contributed by atoms with Gasteiger partial charge in [0.15, 0.2) is 5.82 Å². The summed E-state index contributed by atoms with van der Waals surface area (Å²) in [4.78, 5) is 27.4. The molecule has 1 atom stereocenters. The number of nitrogens with zero attached hydrogens (tertiary/aromatic N) is 4. The Morgan fingerprint density at radius 2 is 1.91 bits per heavy atom. The van der Waals surface area contributed by atoms with Crippen molar-refractivity contribution in [1.82, 2.24) is 19.9 Å². The van der Waals surface area contributed by atoms with Crippen LogP contribution in [0.3, 0.4) is 0 Å². The van der Waals surface area contributed by atoms with Gasteiger partial charge in [0.1, 0.15) is 11.5 Å². The molecule has 1 aliphatic heterocycles. The number of pyridine rings is 3. The van der Waals surface area contributed by atoms with Crippen LogP contribution in [-0.2, 0) is 12.0 Å². The Labute approximate surface area is 187 Å². The third-order valence-electron chi connectivity index (χ3n) is 5.89. The number of nitrogens with one attached hydrogen (secondary N) is 1. The average Bonchev–Trinajstić information content (AvgIpc) is 3.10. The van der Waals surface area contributed by atoms with Crippen molar-refractivity contribution in [3.05, 3.63) is 70.9 Å². The number of hydrogen-bond donors (Lipinski definition) is 1. The topological polar surface area (TPSA) is 71.0 Å². The standard InChI is InChI=1S/C25H28FN5O/c1-6-31-14-19-18(24(31)32)8-10-28-23(19)30-15(2)16-11-20(26)22(29-13-16)21-12-17(7-9-27-21)25(3,4)5/h7-13,15H,6,14H2,1-5H3,(H,28,30)/t15-/m0/s1. The van der Waals surface area contributed by atoms with Crippen molar-refractivity contribution in [2.45, 2.75) is 52.6 Å². The van der Waals surface area contributed by atoms with Crippen molar-refractivity contribution in [2.24, 2.45) is 0 Å². The molecule has 0 spiro atoms. The van der Waals surface area contributed by atoms with Crippen LogP contribution in [0.4, 0.5) is 10.2 Å². The van der Waals surface area contributed by atoms with Gasteiger partial charge >= 0.3 is 0 Å². The number of aromatic nitrogens is 3. The highest BCUT2D eigenvalue weighted by Crippen LogP contribution is 2.31. The molecule has 0 saturated heterocycles. The molecule has 0 fully saturated rings. The van der Waals surface area contributed by atoms with Crippen LogP contribution in [0.5, 0.6) is 0 Å². The molecular weight excluding hydrogens is 405 g/mol. The van der Waals surface area contributed by atoms with E-state index in [-0.39, 0.29) is 23.1 Å². The first-order valence-corrected chi connectivity index (χ1v) is 10.8. The third-order valence-corrected chi connectivity index (χ3v) is 5.89. The summed E-state index contributed by atoms with van der Waals surface area (Å²) >= 11 is 0. The summed E-state index contributed by atoms with van der Waals surface area (Å²) in [5.41, 5.74) is 3.99. The fraction of sp³-hybridized carbons (Fsp3) is 0.360. The monoisotopic (exact) mass is 433 g/mol. The zero-order valence-corrected chi connectivity index (χ0v) is 19.1. The first-order valence-electron chi connectivity index (χ1n) is 10.8. The number of fused-ring (bicyclic) bond motifs is 1. The van der Waals surface area contributed by atoms with E-state index in [1.807, 2.05) is 26.0 Å². The van der Waals surface area contributed by atoms with E-state index in [9.17, 15) is 4.79 Å². The first-order chi connectivity index (χ1) is 15.2. The lowest BCUT2D eigenvalue weighted by Crippen LogP contribution is -2.22. The predicted octanol–water partition coefficient (Wildman–Crippen LogP) is 5.12. The third kappa shape index (κ3) is 4.07. The van der Waals surface area contributed by atoms with Gasteiger partial charge < -0.3 is 10.2 Å². The van der Waals surface area contributed by atoms with Crippen LogP contribution in [0.1, 0.15) is 67.7 Å². The van der Waals surface area contributed by atoms with Crippen LogP contribution in [0.2, 0.25) is 0 Å². The fourth-order valence-corrected chi connectivity index (χ4v) is 3.86. The molecule has 4 heterocycles. The number of carbonyl (C=O) groups excluding carboxylic acids is 1. The van der Waals surface area contributed by atoms with Gasteiger partial charge in [-0.15, -0.1) is 0 Å². The molecule has 0 bridgehead atoms. The molecule has 0 aromatic carbocycles. The van der Waals surface area contributed by atoms with E-state index >= 15 is 4.39 Å². The van der Waals surface area contributed by atoms with E-state index in [1.54, 1.807) is 29.6 Å². The van der Waals surface area contributed by atoms with Gasteiger partial charge in [-0.25, -0.2) is 9.37 Å². The fourth-order valence-electron chi connectivity index (χ4n) is 3.86. The summed E-state index contributed by atoms with van der Waals surface area (Å²) < 4.78 is 15.0. The second-order valence-corrected chi connectivity index (χ2v) is 9.15. The number of anilines is 1. The number of carbonyl (C=O) groups is 1. The number of hydrogen-bond acceptors (Lipinski definition) is 5. The van der Waals surface area contributed by atoms with E-state index in [4.69, 9.17) is 0 Å². The summed E-state index contributed by atoms with van der Waals surface area (Å²) in [5.74, 6) is 0.235. The minimum atomic E-state index is -0.423. The normalized spacial score (nSPS) is 14.4. The molecule has 3 aromatic rings. The molecule has 1 amide bonds. The number of rotatable bonds is 5. The average molecular weight is 434 g/mol. The van der Waals surface area contributed by atoms with Crippen LogP contribution < -0.4 is 5.32 Å². The Balaban J connectivity index is 1.58. The van der Waals surface area contributed by atoms with Gasteiger partial charge in [0.2, 0.25) is 0 Å². The zero-order valence-electron chi connectivity index (χ0n) is 19.1. The van der Waals surface area contributed by atoms with Gasteiger partial charge in [-0.3, -0.25) is 14.8 Å². The Bertz CT molecular complexity index is 1170. The molecule has 4 rings (SSSR count). The van der Waals surface area contributed by atoms with Crippen molar-refractivity contribution < 1.29 is 9.18 Å². The largest absolute Gasteiger partial charge is 0.363 e. The van der Waals surface area contributed by atoms with Crippen LogP contribution in [0, 0.1) is 5.82 Å². The minimum absolute atomic E-state index is 0.0163. The molecule has 7 heteroatoms. The van der Waals surface area contributed by atoms with Gasteiger partial charge in [-0.05, 0) is 54.7 Å². The maximum atomic E-state index is 15.0. The van der Waals surface area contributed by atoms with Crippen molar-refractivity contribution in [3.8, 4) is 11.4 Å². The maximum absolute atomic E-state index is 15.0. The Hall–Kier alpha value is -3.35. The smallest absolute Gasteiger partial charge is 0.254 e. The molecule has 0 aliphatic carbocycles. The minimum Gasteiger partial charge on any atom is -0.363 e. The van der Waals surface area contributed by atoms with Crippen LogP contribution >= 0.6 is 0 Å². The SMILES string of the molecule is CCN1Cc2c(ccnc2N[C@@H](C)c2cnc(-c3cc(C(C)(C)C)ccn3)c(F)c2)C1=O. The molecule has 32 heavy (non-hydrogen) atoms. The second kappa shape index (κ2) is 8.30. The van der Waals surface area contributed by atoms with Gasteiger partial charge in [-0.2, -0.15) is 0 Å². The van der Waals surface area contributed by atoms with E-state index in [0.717, 1.165) is 11.1 Å². The zero-order chi connectivity index (χ0) is 23.0. The maximum Gasteiger partial charge on any atom is 0.254 e. The molecular formula is C25H28FN5O. The Kier molecular flexibility index (Phi) is 5.67. The van der Waals surface area contributed by atoms with Crippen molar-refractivity contribution in [2.75, 3.05) is 11.9 Å². The van der Waals surface area contributed by atoms with Crippen LogP contribution in [-0.4, -0.2) is 32.3 Å². The lowest BCUT2D eigenvalue weighted by molar-refractivity contribution is 0.0787. The Morgan fingerprint density at radius 3 is 2.59 bits per heavy atom. The van der Waals surface area contributed by atoms with Crippen molar-refractivity contribution >= 4 is 11.7 Å². The second-order valence-electron chi connectivity index (χ2n) is 9.15. The number of amides is 1. The van der Waals surface area contributed by atoms with E-state index in [2.05, 4.69) is 41.0 Å². The van der Waals surface area contributed by atoms with E-state index < -0.39 is 5.82 Å². The molecule has 3 aromatic heterocycles. The molecule has 6 nitrogen and oxygen atoms in total. The molecule has 1 aliphatic rings. The highest BCUT2D eigenvalue weighted by atomic mass is 19.1. The first kappa shape index (κ1) is 21.9. The van der Waals surface area contributed by atoms with Crippen LogP contribution in [0.15, 0.2) is 42.9 Å². The highest BCUT2D eigenvalue weighted by Gasteiger charge is 2.29. The summed E-state index contributed by atoms with van der Waals surface area (Å²) in [6.07, 6.45) is 4.98. The molecule has 1 N–H and O–H groups in total. The van der Waals surface area contributed by atoms with Gasteiger partial charge in [-0.1, -0.05) is 20.8 Å². The number of halogens is 1. The summed E-state index contributed by atoms with van der Waals surface area (Å²) in [6.45, 7) is 11.4. The van der Waals surface area contributed by atoms with Gasteiger partial charge in [0.25, 0.3) is 5.91 Å². The summed E-state index contributed by atoms with van der Waals surface area (Å²) in [7, 11) is 0.